The van der Waals surface area contributed by atoms with Crippen molar-refractivity contribution < 1.29 is 14.3 Å². The van der Waals surface area contributed by atoms with Crippen molar-refractivity contribution in [2.75, 3.05) is 26.2 Å². The lowest BCUT2D eigenvalue weighted by atomic mass is 10.1. The number of nitrogens with zero attached hydrogens (tertiary/aromatic N) is 3. The molecular weight excluding hydrogens is 284 g/mol. The third-order valence-corrected chi connectivity index (χ3v) is 4.10. The number of rotatable bonds is 3. The summed E-state index contributed by atoms with van der Waals surface area (Å²) in [6.07, 6.45) is 3.32. The lowest BCUT2D eigenvalue weighted by Gasteiger charge is -2.36. The van der Waals surface area contributed by atoms with E-state index in [-0.39, 0.29) is 30.7 Å². The average molecular weight is 304 g/mol. The van der Waals surface area contributed by atoms with Gasteiger partial charge in [-0.2, -0.15) is 0 Å². The SMILES string of the molecule is CCNC(=O)N1C[C@@H]2OCC(=O)N(Cc3ccncc3)[C@@H]2C1. The lowest BCUT2D eigenvalue weighted by molar-refractivity contribution is -0.153. The molecule has 2 atom stereocenters. The molecule has 0 radical (unpaired) electrons. The second-order valence-electron chi connectivity index (χ2n) is 5.53. The Labute approximate surface area is 129 Å². The smallest absolute Gasteiger partial charge is 0.317 e. The zero-order chi connectivity index (χ0) is 15.5. The number of hydrogen-bond donors (Lipinski definition) is 1. The summed E-state index contributed by atoms with van der Waals surface area (Å²) in [5.41, 5.74) is 1.03. The topological polar surface area (TPSA) is 74.8 Å². The van der Waals surface area contributed by atoms with Crippen LogP contribution in [0.15, 0.2) is 24.5 Å². The fraction of sp³-hybridized carbons (Fsp3) is 0.533. The molecule has 7 nitrogen and oxygen atoms in total. The molecule has 1 aromatic rings. The van der Waals surface area contributed by atoms with Crippen LogP contribution in [0, 0.1) is 0 Å². The highest BCUT2D eigenvalue weighted by Crippen LogP contribution is 2.25. The zero-order valence-electron chi connectivity index (χ0n) is 12.6. The number of nitrogens with one attached hydrogen (secondary N) is 1. The van der Waals surface area contributed by atoms with E-state index < -0.39 is 0 Å². The molecule has 2 fully saturated rings. The van der Waals surface area contributed by atoms with Gasteiger partial charge in [0.15, 0.2) is 0 Å². The summed E-state index contributed by atoms with van der Waals surface area (Å²) in [7, 11) is 0. The molecule has 1 aromatic heterocycles. The van der Waals surface area contributed by atoms with Crippen LogP contribution in [0.3, 0.4) is 0 Å². The second kappa shape index (κ2) is 6.31. The number of ether oxygens (including phenoxy) is 1. The van der Waals surface area contributed by atoms with E-state index in [1.165, 1.54) is 0 Å². The molecule has 2 aliphatic rings. The van der Waals surface area contributed by atoms with Crippen molar-refractivity contribution in [3.05, 3.63) is 30.1 Å². The first-order chi connectivity index (χ1) is 10.7. The lowest BCUT2D eigenvalue weighted by Crippen LogP contribution is -2.53. The molecule has 0 bridgehead atoms. The number of likely N-dealkylation sites (tertiary alicyclic amines) is 1. The van der Waals surface area contributed by atoms with Crippen molar-refractivity contribution in [3.8, 4) is 0 Å². The monoisotopic (exact) mass is 304 g/mol. The van der Waals surface area contributed by atoms with Crippen molar-refractivity contribution in [1.82, 2.24) is 20.1 Å². The first kappa shape index (κ1) is 14.8. The predicted molar refractivity (Wildman–Crippen MR) is 79.0 cm³/mol. The van der Waals surface area contributed by atoms with E-state index in [1.54, 1.807) is 17.3 Å². The molecule has 118 valence electrons. The number of carbonyl (C=O) groups excluding carboxylic acids is 2. The molecule has 0 spiro atoms. The molecule has 0 unspecified atom stereocenters. The number of aromatic nitrogens is 1. The molecular formula is C15H20N4O3. The second-order valence-corrected chi connectivity index (χ2v) is 5.53. The summed E-state index contributed by atoms with van der Waals surface area (Å²) in [5, 5.41) is 2.79. The number of urea groups is 1. The van der Waals surface area contributed by atoms with Crippen molar-refractivity contribution in [2.45, 2.75) is 25.6 Å². The Morgan fingerprint density at radius 3 is 2.91 bits per heavy atom. The Hall–Kier alpha value is -2.15. The highest BCUT2D eigenvalue weighted by molar-refractivity contribution is 5.79. The van der Waals surface area contributed by atoms with E-state index >= 15 is 0 Å². The van der Waals surface area contributed by atoms with Crippen LogP contribution in [0.2, 0.25) is 0 Å². The van der Waals surface area contributed by atoms with Crippen LogP contribution in [0.1, 0.15) is 12.5 Å². The van der Waals surface area contributed by atoms with Crippen molar-refractivity contribution in [3.63, 3.8) is 0 Å². The summed E-state index contributed by atoms with van der Waals surface area (Å²) < 4.78 is 5.62. The number of fused-ring (bicyclic) bond motifs is 1. The molecule has 7 heteroatoms. The summed E-state index contributed by atoms with van der Waals surface area (Å²) in [6.45, 7) is 4.11. The minimum absolute atomic E-state index is 0.0317. The first-order valence-electron chi connectivity index (χ1n) is 7.51. The van der Waals surface area contributed by atoms with E-state index in [2.05, 4.69) is 10.3 Å². The summed E-state index contributed by atoms with van der Waals surface area (Å²) >= 11 is 0. The highest BCUT2D eigenvalue weighted by Gasteiger charge is 2.44. The van der Waals surface area contributed by atoms with E-state index in [4.69, 9.17) is 4.74 Å². The molecule has 22 heavy (non-hydrogen) atoms. The van der Waals surface area contributed by atoms with Crippen LogP contribution in [-0.4, -0.2) is 65.1 Å². The maximum Gasteiger partial charge on any atom is 0.317 e. The maximum atomic E-state index is 12.2. The van der Waals surface area contributed by atoms with Gasteiger partial charge in [0, 0.05) is 32.0 Å². The summed E-state index contributed by atoms with van der Waals surface area (Å²) in [6, 6.07) is 3.61. The van der Waals surface area contributed by atoms with Crippen LogP contribution >= 0.6 is 0 Å². The molecule has 0 aromatic carbocycles. The Bertz CT molecular complexity index is 551. The van der Waals surface area contributed by atoms with E-state index in [0.717, 1.165) is 5.56 Å². The first-order valence-corrected chi connectivity index (χ1v) is 7.51. The molecule has 0 aliphatic carbocycles. The molecule has 3 rings (SSSR count). The van der Waals surface area contributed by atoms with Crippen LogP contribution in [0.5, 0.6) is 0 Å². The van der Waals surface area contributed by atoms with Gasteiger partial charge in [0.25, 0.3) is 0 Å². The maximum absolute atomic E-state index is 12.2. The third kappa shape index (κ3) is 2.89. The standard InChI is InChI=1S/C15H20N4O3/c1-2-17-15(21)18-8-12-13(9-18)22-10-14(20)19(12)7-11-3-5-16-6-4-11/h3-6,12-13H,2,7-10H2,1H3,(H,17,21)/t12-,13+/m1/s1. The molecule has 0 saturated carbocycles. The summed E-state index contributed by atoms with van der Waals surface area (Å²) in [4.78, 5) is 31.7. The van der Waals surface area contributed by atoms with Crippen LogP contribution in [0.25, 0.3) is 0 Å². The number of pyridine rings is 1. The van der Waals surface area contributed by atoms with Gasteiger partial charge in [-0.15, -0.1) is 0 Å². The van der Waals surface area contributed by atoms with Gasteiger partial charge in [-0.3, -0.25) is 9.78 Å². The predicted octanol–water partition coefficient (Wildman–Crippen LogP) is 0.223. The Balaban J connectivity index is 1.72. The van der Waals surface area contributed by atoms with Crippen molar-refractivity contribution >= 4 is 11.9 Å². The number of carbonyl (C=O) groups is 2. The van der Waals surface area contributed by atoms with Gasteiger partial charge in [-0.25, -0.2) is 4.79 Å². The normalized spacial score (nSPS) is 24.3. The minimum Gasteiger partial charge on any atom is -0.364 e. The van der Waals surface area contributed by atoms with Crippen molar-refractivity contribution in [1.29, 1.82) is 0 Å². The Kier molecular flexibility index (Phi) is 4.24. The van der Waals surface area contributed by atoms with Gasteiger partial charge in [0.2, 0.25) is 5.91 Å². The summed E-state index contributed by atoms with van der Waals surface area (Å²) in [5.74, 6) is -0.0317. The van der Waals surface area contributed by atoms with E-state index in [1.807, 2.05) is 24.0 Å². The number of morpholine rings is 1. The quantitative estimate of drug-likeness (QED) is 0.867. The van der Waals surface area contributed by atoms with E-state index in [0.29, 0.717) is 26.2 Å². The van der Waals surface area contributed by atoms with Crippen LogP contribution in [-0.2, 0) is 16.1 Å². The average Bonchev–Trinajstić information content (AvgIpc) is 2.96. The Morgan fingerprint density at radius 1 is 1.41 bits per heavy atom. The molecule has 3 heterocycles. The number of hydrogen-bond acceptors (Lipinski definition) is 4. The van der Waals surface area contributed by atoms with E-state index in [9.17, 15) is 9.59 Å². The van der Waals surface area contributed by atoms with Gasteiger partial charge in [0.1, 0.15) is 6.61 Å². The van der Waals surface area contributed by atoms with Gasteiger partial charge in [-0.1, -0.05) is 0 Å². The van der Waals surface area contributed by atoms with Gasteiger partial charge >= 0.3 is 6.03 Å². The fourth-order valence-corrected chi connectivity index (χ4v) is 2.99. The van der Waals surface area contributed by atoms with Crippen LogP contribution < -0.4 is 5.32 Å². The largest absolute Gasteiger partial charge is 0.364 e. The molecule has 3 amide bonds. The third-order valence-electron chi connectivity index (χ3n) is 4.10. The number of amides is 3. The molecule has 2 aliphatic heterocycles. The Morgan fingerprint density at radius 2 is 2.18 bits per heavy atom. The van der Waals surface area contributed by atoms with Gasteiger partial charge in [0.05, 0.1) is 18.7 Å². The fourth-order valence-electron chi connectivity index (χ4n) is 2.99. The zero-order valence-corrected chi connectivity index (χ0v) is 12.6. The van der Waals surface area contributed by atoms with Crippen LogP contribution in [0.4, 0.5) is 4.79 Å². The molecule has 1 N–H and O–H groups in total. The molecule has 2 saturated heterocycles. The van der Waals surface area contributed by atoms with Gasteiger partial charge < -0.3 is 19.9 Å². The van der Waals surface area contributed by atoms with Gasteiger partial charge in [-0.05, 0) is 24.6 Å². The minimum atomic E-state index is -0.109. The highest BCUT2D eigenvalue weighted by atomic mass is 16.5. The van der Waals surface area contributed by atoms with Crippen molar-refractivity contribution in [2.24, 2.45) is 0 Å².